The fourth-order valence-corrected chi connectivity index (χ4v) is 1.46. The summed E-state index contributed by atoms with van der Waals surface area (Å²) in [4.78, 5) is 15.4. The fraction of sp³-hybridized carbons (Fsp3) is 0.250. The molecule has 0 aliphatic rings. The summed E-state index contributed by atoms with van der Waals surface area (Å²) >= 11 is 0. The van der Waals surface area contributed by atoms with E-state index in [0.29, 0.717) is 17.9 Å². The van der Waals surface area contributed by atoms with Crippen LogP contribution in [-0.4, -0.2) is 35.0 Å². The van der Waals surface area contributed by atoms with Crippen molar-refractivity contribution in [3.63, 3.8) is 0 Å². The van der Waals surface area contributed by atoms with Crippen molar-refractivity contribution in [1.29, 1.82) is 0 Å². The van der Waals surface area contributed by atoms with Crippen LogP contribution in [0.15, 0.2) is 30.7 Å². The second-order valence-corrected chi connectivity index (χ2v) is 3.61. The molecule has 18 heavy (non-hydrogen) atoms. The summed E-state index contributed by atoms with van der Waals surface area (Å²) in [6, 6.07) is 3.44. The molecule has 94 valence electrons. The molecule has 0 bridgehead atoms. The van der Waals surface area contributed by atoms with Crippen LogP contribution in [0.4, 0.5) is 0 Å². The smallest absolute Gasteiger partial charge is 0.339 e. The van der Waals surface area contributed by atoms with E-state index in [9.17, 15) is 4.79 Å². The molecule has 2 rings (SSSR count). The van der Waals surface area contributed by atoms with Crippen molar-refractivity contribution in [3.05, 3.63) is 42.0 Å². The highest BCUT2D eigenvalue weighted by molar-refractivity contribution is 5.88. The number of methoxy groups -OCH3 is 2. The molecule has 0 atom stereocenters. The average molecular weight is 247 g/mol. The van der Waals surface area contributed by atoms with Crippen molar-refractivity contribution in [2.45, 2.75) is 6.54 Å². The van der Waals surface area contributed by atoms with Crippen molar-refractivity contribution in [2.75, 3.05) is 14.2 Å². The fourth-order valence-electron chi connectivity index (χ4n) is 1.46. The van der Waals surface area contributed by atoms with Crippen LogP contribution in [0.25, 0.3) is 0 Å². The minimum atomic E-state index is -0.394. The van der Waals surface area contributed by atoms with Gasteiger partial charge in [0.2, 0.25) is 0 Å². The first-order valence-corrected chi connectivity index (χ1v) is 5.32. The first-order valence-electron chi connectivity index (χ1n) is 5.32. The van der Waals surface area contributed by atoms with E-state index in [4.69, 9.17) is 4.74 Å². The van der Waals surface area contributed by atoms with E-state index in [1.165, 1.54) is 13.3 Å². The number of esters is 1. The van der Waals surface area contributed by atoms with Crippen LogP contribution in [0, 0.1) is 0 Å². The van der Waals surface area contributed by atoms with Crippen LogP contribution in [0.5, 0.6) is 5.75 Å². The zero-order valence-electron chi connectivity index (χ0n) is 10.2. The average Bonchev–Trinajstić information content (AvgIpc) is 2.86. The second kappa shape index (κ2) is 5.31. The number of ether oxygens (including phenoxy) is 2. The van der Waals surface area contributed by atoms with Crippen molar-refractivity contribution >= 4 is 5.97 Å². The highest BCUT2D eigenvalue weighted by Crippen LogP contribution is 2.09. The highest BCUT2D eigenvalue weighted by atomic mass is 16.5. The summed E-state index contributed by atoms with van der Waals surface area (Å²) < 4.78 is 11.3. The lowest BCUT2D eigenvalue weighted by atomic mass is 10.2. The van der Waals surface area contributed by atoms with E-state index in [0.717, 1.165) is 5.69 Å². The summed E-state index contributed by atoms with van der Waals surface area (Å²) in [5, 5.41) is 4.12. The first kappa shape index (κ1) is 12.1. The van der Waals surface area contributed by atoms with Crippen LogP contribution in [-0.2, 0) is 11.3 Å². The van der Waals surface area contributed by atoms with Gasteiger partial charge in [0.15, 0.2) is 5.75 Å². The Bertz CT molecular complexity index is 534. The Labute approximate surface area is 104 Å². The lowest BCUT2D eigenvalue weighted by Crippen LogP contribution is -2.05. The number of hydrogen-bond donors (Lipinski definition) is 0. The molecule has 2 aromatic rings. The van der Waals surface area contributed by atoms with Crippen LogP contribution >= 0.6 is 0 Å². The van der Waals surface area contributed by atoms with E-state index in [1.807, 2.05) is 0 Å². The van der Waals surface area contributed by atoms with Crippen LogP contribution in [0.3, 0.4) is 0 Å². The molecule has 0 N–H and O–H groups in total. The lowest BCUT2D eigenvalue weighted by molar-refractivity contribution is 0.0600. The summed E-state index contributed by atoms with van der Waals surface area (Å²) in [5.41, 5.74) is 1.23. The van der Waals surface area contributed by atoms with E-state index in [-0.39, 0.29) is 0 Å². The minimum Gasteiger partial charge on any atom is -0.493 e. The number of hydrogen-bond acceptors (Lipinski definition) is 5. The molecule has 2 heterocycles. The molecule has 6 heteroatoms. The van der Waals surface area contributed by atoms with Gasteiger partial charge in [-0.3, -0.25) is 9.67 Å². The number of carbonyl (C=O) groups excluding carboxylic acids is 1. The molecule has 0 radical (unpaired) electrons. The summed E-state index contributed by atoms with van der Waals surface area (Å²) in [7, 11) is 2.93. The van der Waals surface area contributed by atoms with Crippen LogP contribution in [0.2, 0.25) is 0 Å². The lowest BCUT2D eigenvalue weighted by Gasteiger charge is -2.02. The zero-order chi connectivity index (χ0) is 13.0. The maximum Gasteiger partial charge on any atom is 0.339 e. The second-order valence-electron chi connectivity index (χ2n) is 3.61. The quantitative estimate of drug-likeness (QED) is 0.757. The van der Waals surface area contributed by atoms with Gasteiger partial charge < -0.3 is 9.47 Å². The number of nitrogens with zero attached hydrogens (tertiary/aromatic N) is 3. The number of carbonyl (C=O) groups is 1. The van der Waals surface area contributed by atoms with Gasteiger partial charge in [0.05, 0.1) is 44.4 Å². The molecule has 0 spiro atoms. The Hall–Kier alpha value is -2.37. The summed E-state index contributed by atoms with van der Waals surface area (Å²) in [6.07, 6.45) is 4.89. The van der Waals surface area contributed by atoms with E-state index < -0.39 is 5.97 Å². The van der Waals surface area contributed by atoms with E-state index in [1.54, 1.807) is 36.3 Å². The van der Waals surface area contributed by atoms with Gasteiger partial charge in [-0.05, 0) is 12.1 Å². The Kier molecular flexibility index (Phi) is 3.57. The SMILES string of the molecule is COC(=O)c1ccc(Cn2cc(OC)cn2)nc1. The van der Waals surface area contributed by atoms with Gasteiger partial charge in [0.25, 0.3) is 0 Å². The Balaban J connectivity index is 2.08. The van der Waals surface area contributed by atoms with Crippen molar-refractivity contribution in [1.82, 2.24) is 14.8 Å². The van der Waals surface area contributed by atoms with Crippen LogP contribution < -0.4 is 4.74 Å². The van der Waals surface area contributed by atoms with E-state index >= 15 is 0 Å². The largest absolute Gasteiger partial charge is 0.493 e. The van der Waals surface area contributed by atoms with Gasteiger partial charge in [-0.25, -0.2) is 4.79 Å². The van der Waals surface area contributed by atoms with Crippen molar-refractivity contribution in [3.8, 4) is 5.75 Å². The van der Waals surface area contributed by atoms with Crippen molar-refractivity contribution < 1.29 is 14.3 Å². The third-order valence-corrected chi connectivity index (χ3v) is 2.42. The molecular weight excluding hydrogens is 234 g/mol. The molecule has 0 aliphatic heterocycles. The topological polar surface area (TPSA) is 66.2 Å². The van der Waals surface area contributed by atoms with E-state index in [2.05, 4.69) is 14.8 Å². The van der Waals surface area contributed by atoms with Gasteiger partial charge in [0, 0.05) is 6.20 Å². The maximum absolute atomic E-state index is 11.2. The third kappa shape index (κ3) is 2.65. The minimum absolute atomic E-state index is 0.394. The zero-order valence-corrected chi connectivity index (χ0v) is 10.2. The van der Waals surface area contributed by atoms with Crippen LogP contribution in [0.1, 0.15) is 16.1 Å². The number of pyridine rings is 1. The third-order valence-electron chi connectivity index (χ3n) is 2.42. The number of rotatable bonds is 4. The van der Waals surface area contributed by atoms with Gasteiger partial charge in [-0.2, -0.15) is 5.10 Å². The first-order chi connectivity index (χ1) is 8.72. The standard InChI is InChI=1S/C12H13N3O3/c1-17-11-6-14-15(8-11)7-10-4-3-9(5-13-10)12(16)18-2/h3-6,8H,7H2,1-2H3. The maximum atomic E-state index is 11.2. The Morgan fingerprint density at radius 3 is 2.72 bits per heavy atom. The molecule has 0 aliphatic carbocycles. The molecule has 0 saturated heterocycles. The highest BCUT2D eigenvalue weighted by Gasteiger charge is 2.06. The van der Waals surface area contributed by atoms with Crippen molar-refractivity contribution in [2.24, 2.45) is 0 Å². The number of aromatic nitrogens is 3. The monoisotopic (exact) mass is 247 g/mol. The molecule has 0 unspecified atom stereocenters. The molecular formula is C12H13N3O3. The molecule has 0 aromatic carbocycles. The molecule has 6 nitrogen and oxygen atoms in total. The van der Waals surface area contributed by atoms with Gasteiger partial charge >= 0.3 is 5.97 Å². The van der Waals surface area contributed by atoms with Gasteiger partial charge in [-0.1, -0.05) is 0 Å². The molecule has 0 amide bonds. The summed E-state index contributed by atoms with van der Waals surface area (Å²) in [6.45, 7) is 0.519. The summed E-state index contributed by atoms with van der Waals surface area (Å²) in [5.74, 6) is 0.302. The van der Waals surface area contributed by atoms with Gasteiger partial charge in [-0.15, -0.1) is 0 Å². The molecule has 0 fully saturated rings. The Morgan fingerprint density at radius 2 is 2.17 bits per heavy atom. The molecule has 2 aromatic heterocycles. The predicted octanol–water partition coefficient (Wildman–Crippen LogP) is 1.12. The molecule has 0 saturated carbocycles. The Morgan fingerprint density at radius 1 is 1.33 bits per heavy atom. The predicted molar refractivity (Wildman–Crippen MR) is 63.5 cm³/mol. The van der Waals surface area contributed by atoms with Gasteiger partial charge in [0.1, 0.15) is 0 Å². The normalized spacial score (nSPS) is 10.1.